The summed E-state index contributed by atoms with van der Waals surface area (Å²) in [7, 11) is 0. The topological polar surface area (TPSA) is 78.8 Å². The van der Waals surface area contributed by atoms with Crippen molar-refractivity contribution in [2.45, 2.75) is 123 Å². The number of amides is 1. The summed E-state index contributed by atoms with van der Waals surface area (Å²) in [6.07, 6.45) is 12.5. The maximum absolute atomic E-state index is 12.1. The Bertz CT molecular complexity index is 769. The number of carbonyl (C=O) groups excluding carboxylic acids is 1. The maximum atomic E-state index is 12.1. The molecular formula is C30H51NO4. The van der Waals surface area contributed by atoms with Gasteiger partial charge in [0.2, 0.25) is 0 Å². The second kappa shape index (κ2) is 9.82. The molecule has 0 bridgehead atoms. The minimum Gasteiger partial charge on any atom is -0.450 e. The van der Waals surface area contributed by atoms with E-state index in [2.05, 4.69) is 33.0 Å². The van der Waals surface area contributed by atoms with Crippen molar-refractivity contribution in [1.82, 2.24) is 5.32 Å². The van der Waals surface area contributed by atoms with E-state index in [0.29, 0.717) is 54.1 Å². The fraction of sp³-hybridized carbons (Fsp3) is 0.967. The van der Waals surface area contributed by atoms with Gasteiger partial charge in [0.05, 0.1) is 18.8 Å². The normalized spacial score (nSPS) is 48.2. The van der Waals surface area contributed by atoms with Crippen LogP contribution in [0.3, 0.4) is 0 Å². The van der Waals surface area contributed by atoms with Crippen LogP contribution in [0.15, 0.2) is 0 Å². The average Bonchev–Trinajstić information content (AvgIpc) is 3.15. The summed E-state index contributed by atoms with van der Waals surface area (Å²) < 4.78 is 5.55. The first-order valence-corrected chi connectivity index (χ1v) is 15.0. The number of ether oxygens (including phenoxy) is 1. The number of alkyl carbamates (subject to hydrolysis) is 1. The van der Waals surface area contributed by atoms with Crippen molar-refractivity contribution in [3.05, 3.63) is 0 Å². The zero-order valence-corrected chi connectivity index (χ0v) is 22.7. The lowest BCUT2D eigenvalue weighted by atomic mass is 9.41. The first-order chi connectivity index (χ1) is 16.7. The smallest absolute Gasteiger partial charge is 0.407 e. The highest BCUT2D eigenvalue weighted by atomic mass is 16.5. The number of fused-ring (bicyclic) bond motifs is 5. The van der Waals surface area contributed by atoms with Crippen LogP contribution in [0.1, 0.15) is 105 Å². The SMILES string of the molecule is CC[C@H]1[C@@H](O)[C@H]2C3CC[C@H]([C@H](C)CCOC(=O)NC4CCC4)[C@@]3(C)CCC2[C@@]2(C)CC[C@@H](O)C[C@@H]12. The van der Waals surface area contributed by atoms with Crippen molar-refractivity contribution in [3.8, 4) is 0 Å². The monoisotopic (exact) mass is 489 g/mol. The molecule has 1 amide bonds. The van der Waals surface area contributed by atoms with E-state index in [0.717, 1.165) is 44.9 Å². The fourth-order valence-corrected chi connectivity index (χ4v) is 10.2. The van der Waals surface area contributed by atoms with Gasteiger partial charge in [0.1, 0.15) is 0 Å². The first-order valence-electron chi connectivity index (χ1n) is 15.0. The van der Waals surface area contributed by atoms with Crippen molar-refractivity contribution in [2.24, 2.45) is 52.3 Å². The third kappa shape index (κ3) is 4.35. The Morgan fingerprint density at radius 3 is 2.40 bits per heavy atom. The number of hydrogen-bond donors (Lipinski definition) is 3. The molecule has 3 N–H and O–H groups in total. The molecule has 2 unspecified atom stereocenters. The second-order valence-electron chi connectivity index (χ2n) is 13.8. The maximum Gasteiger partial charge on any atom is 0.407 e. The average molecular weight is 490 g/mol. The molecule has 11 atom stereocenters. The molecule has 5 aliphatic rings. The molecule has 0 aromatic rings. The molecule has 35 heavy (non-hydrogen) atoms. The summed E-state index contributed by atoms with van der Waals surface area (Å²) >= 11 is 0. The van der Waals surface area contributed by atoms with E-state index in [1.165, 1.54) is 32.1 Å². The molecule has 0 aromatic heterocycles. The van der Waals surface area contributed by atoms with Gasteiger partial charge in [-0.2, -0.15) is 0 Å². The van der Waals surface area contributed by atoms with Gasteiger partial charge in [0, 0.05) is 6.04 Å². The number of aliphatic hydroxyl groups excluding tert-OH is 2. The molecule has 5 saturated carbocycles. The van der Waals surface area contributed by atoms with Crippen LogP contribution in [-0.4, -0.2) is 41.2 Å². The molecule has 200 valence electrons. The van der Waals surface area contributed by atoms with Crippen molar-refractivity contribution in [1.29, 1.82) is 0 Å². The molecule has 0 radical (unpaired) electrons. The number of rotatable bonds is 6. The van der Waals surface area contributed by atoms with Gasteiger partial charge in [-0.3, -0.25) is 0 Å². The van der Waals surface area contributed by atoms with E-state index in [4.69, 9.17) is 4.74 Å². The molecule has 5 nitrogen and oxygen atoms in total. The van der Waals surface area contributed by atoms with Crippen LogP contribution < -0.4 is 5.32 Å². The predicted molar refractivity (Wildman–Crippen MR) is 138 cm³/mol. The summed E-state index contributed by atoms with van der Waals surface area (Å²) in [5.41, 5.74) is 0.530. The van der Waals surface area contributed by atoms with Gasteiger partial charge in [-0.1, -0.05) is 34.1 Å². The summed E-state index contributed by atoms with van der Waals surface area (Å²) in [6.45, 7) is 10.2. The zero-order chi connectivity index (χ0) is 25.0. The van der Waals surface area contributed by atoms with Crippen molar-refractivity contribution >= 4 is 6.09 Å². The quantitative estimate of drug-likeness (QED) is 0.433. The van der Waals surface area contributed by atoms with Gasteiger partial charge in [-0.25, -0.2) is 4.79 Å². The summed E-state index contributed by atoms with van der Waals surface area (Å²) in [5.74, 6) is 3.51. The van der Waals surface area contributed by atoms with Crippen molar-refractivity contribution < 1.29 is 19.7 Å². The Morgan fingerprint density at radius 2 is 1.71 bits per heavy atom. The molecule has 5 aliphatic carbocycles. The van der Waals surface area contributed by atoms with Crippen LogP contribution in [0.5, 0.6) is 0 Å². The van der Waals surface area contributed by atoms with Crippen molar-refractivity contribution in [2.75, 3.05) is 6.61 Å². The van der Waals surface area contributed by atoms with Crippen LogP contribution in [-0.2, 0) is 4.74 Å². The van der Waals surface area contributed by atoms with Crippen LogP contribution >= 0.6 is 0 Å². The van der Waals surface area contributed by atoms with Gasteiger partial charge in [-0.05, 0) is 123 Å². The minimum absolute atomic E-state index is 0.186. The highest BCUT2D eigenvalue weighted by Crippen LogP contribution is 2.69. The molecule has 0 saturated heterocycles. The molecule has 5 heteroatoms. The van der Waals surface area contributed by atoms with Crippen LogP contribution in [0.25, 0.3) is 0 Å². The number of aliphatic hydroxyl groups is 2. The Labute approximate surface area is 213 Å². The molecule has 0 aromatic carbocycles. The van der Waals surface area contributed by atoms with Crippen molar-refractivity contribution in [3.63, 3.8) is 0 Å². The third-order valence-corrected chi connectivity index (χ3v) is 12.4. The van der Waals surface area contributed by atoms with Crippen LogP contribution in [0.4, 0.5) is 4.79 Å². The summed E-state index contributed by atoms with van der Waals surface area (Å²) in [5, 5.41) is 25.3. The van der Waals surface area contributed by atoms with Crippen LogP contribution in [0.2, 0.25) is 0 Å². The second-order valence-corrected chi connectivity index (χ2v) is 13.8. The third-order valence-electron chi connectivity index (χ3n) is 12.4. The van der Waals surface area contributed by atoms with E-state index in [1.54, 1.807) is 0 Å². The Hall–Kier alpha value is -0.810. The first kappa shape index (κ1) is 25.8. The predicted octanol–water partition coefficient (Wildman–Crippen LogP) is 5.92. The largest absolute Gasteiger partial charge is 0.450 e. The molecular weight excluding hydrogens is 438 g/mol. The summed E-state index contributed by atoms with van der Waals surface area (Å²) in [4.78, 5) is 12.1. The minimum atomic E-state index is -0.241. The Morgan fingerprint density at radius 1 is 1.00 bits per heavy atom. The molecule has 0 spiro atoms. The fourth-order valence-electron chi connectivity index (χ4n) is 10.2. The number of nitrogens with one attached hydrogen (secondary N) is 1. The standard InChI is InChI=1S/C30H51NO4/c1-5-21-25-17-20(32)11-14-30(25,4)24-12-15-29(3)22(9-10-23(29)26(24)27(21)33)18(2)13-16-35-28(34)31-19-7-6-8-19/h18-27,32-33H,5-17H2,1-4H3,(H,31,34)/t18-,20-,21-,22-,23?,24?,25+,26+,27-,29-,30-/m1/s1. The molecule has 5 rings (SSSR count). The number of hydrogen-bond acceptors (Lipinski definition) is 4. The lowest BCUT2D eigenvalue weighted by Crippen LogP contribution is -2.62. The van der Waals surface area contributed by atoms with Gasteiger partial charge in [-0.15, -0.1) is 0 Å². The zero-order valence-electron chi connectivity index (χ0n) is 22.7. The summed E-state index contributed by atoms with van der Waals surface area (Å²) in [6, 6.07) is 0.326. The molecule has 0 aliphatic heterocycles. The van der Waals surface area contributed by atoms with Crippen LogP contribution in [0, 0.1) is 52.3 Å². The van der Waals surface area contributed by atoms with E-state index in [-0.39, 0.29) is 29.1 Å². The van der Waals surface area contributed by atoms with E-state index < -0.39 is 0 Å². The van der Waals surface area contributed by atoms with E-state index >= 15 is 0 Å². The van der Waals surface area contributed by atoms with Gasteiger partial charge in [0.25, 0.3) is 0 Å². The van der Waals surface area contributed by atoms with Gasteiger partial charge >= 0.3 is 6.09 Å². The molecule has 0 heterocycles. The lowest BCUT2D eigenvalue weighted by molar-refractivity contribution is -0.203. The highest BCUT2D eigenvalue weighted by molar-refractivity contribution is 5.67. The highest BCUT2D eigenvalue weighted by Gasteiger charge is 2.64. The molecule has 5 fully saturated rings. The number of carbonyl (C=O) groups is 1. The van der Waals surface area contributed by atoms with E-state index in [9.17, 15) is 15.0 Å². The van der Waals surface area contributed by atoms with Gasteiger partial charge in [0.15, 0.2) is 0 Å². The Balaban J connectivity index is 1.26. The van der Waals surface area contributed by atoms with E-state index in [1.807, 2.05) is 0 Å². The lowest BCUT2D eigenvalue weighted by Gasteiger charge is -2.64. The van der Waals surface area contributed by atoms with Gasteiger partial charge < -0.3 is 20.3 Å². The Kier molecular flexibility index (Phi) is 7.24.